The van der Waals surface area contributed by atoms with E-state index in [-0.39, 0.29) is 0 Å². The van der Waals surface area contributed by atoms with Crippen LogP contribution >= 0.6 is 0 Å². The highest BCUT2D eigenvalue weighted by atomic mass is 16.3. The van der Waals surface area contributed by atoms with Crippen LogP contribution in [0.2, 0.25) is 0 Å². The summed E-state index contributed by atoms with van der Waals surface area (Å²) in [5.41, 5.74) is 7.01. The van der Waals surface area contributed by atoms with Crippen molar-refractivity contribution in [2.75, 3.05) is 5.73 Å². The minimum absolute atomic E-state index is 0.414. The standard InChI is InChI=1S/C9H6N2O/c10-5-7-8(11)2-1-6-3-4-12-9(6)7/h1-4H,11H2. The molecule has 2 rings (SSSR count). The fourth-order valence-corrected chi connectivity index (χ4v) is 1.16. The van der Waals surface area contributed by atoms with E-state index in [4.69, 9.17) is 15.4 Å². The van der Waals surface area contributed by atoms with Gasteiger partial charge < -0.3 is 10.2 Å². The summed E-state index contributed by atoms with van der Waals surface area (Å²) in [6, 6.07) is 7.34. The number of anilines is 1. The van der Waals surface area contributed by atoms with Gasteiger partial charge in [-0.25, -0.2) is 0 Å². The first-order valence-corrected chi connectivity index (χ1v) is 3.48. The molecular weight excluding hydrogens is 152 g/mol. The molecule has 0 saturated heterocycles. The van der Waals surface area contributed by atoms with Crippen LogP contribution in [0, 0.1) is 11.3 Å². The molecule has 0 amide bonds. The highest BCUT2D eigenvalue weighted by Crippen LogP contribution is 2.23. The van der Waals surface area contributed by atoms with E-state index in [1.807, 2.05) is 12.1 Å². The summed E-state index contributed by atoms with van der Waals surface area (Å²) >= 11 is 0. The monoisotopic (exact) mass is 158 g/mol. The zero-order chi connectivity index (χ0) is 8.55. The number of rotatable bonds is 0. The SMILES string of the molecule is N#Cc1c(N)ccc2ccoc12. The van der Waals surface area contributed by atoms with E-state index in [0.717, 1.165) is 5.39 Å². The Morgan fingerprint density at radius 2 is 2.17 bits per heavy atom. The molecule has 2 N–H and O–H groups in total. The highest BCUT2D eigenvalue weighted by molar-refractivity contribution is 5.87. The minimum atomic E-state index is 0.414. The Hall–Kier alpha value is -1.95. The van der Waals surface area contributed by atoms with E-state index in [0.29, 0.717) is 16.8 Å². The first-order chi connectivity index (χ1) is 5.83. The molecule has 0 bridgehead atoms. The van der Waals surface area contributed by atoms with Crippen molar-refractivity contribution in [2.45, 2.75) is 0 Å². The predicted octanol–water partition coefficient (Wildman–Crippen LogP) is 1.89. The van der Waals surface area contributed by atoms with Gasteiger partial charge in [0.25, 0.3) is 0 Å². The lowest BCUT2D eigenvalue weighted by Crippen LogP contribution is -1.89. The second-order valence-corrected chi connectivity index (χ2v) is 2.48. The maximum atomic E-state index is 8.74. The number of benzene rings is 1. The molecule has 1 aromatic heterocycles. The maximum Gasteiger partial charge on any atom is 0.153 e. The maximum absolute atomic E-state index is 8.74. The van der Waals surface area contributed by atoms with Crippen molar-refractivity contribution in [3.63, 3.8) is 0 Å². The molecule has 0 unspecified atom stereocenters. The fraction of sp³-hybridized carbons (Fsp3) is 0. The van der Waals surface area contributed by atoms with Gasteiger partial charge in [0.2, 0.25) is 0 Å². The number of fused-ring (bicyclic) bond motifs is 1. The molecule has 1 aromatic carbocycles. The molecule has 0 aliphatic rings. The molecule has 0 saturated carbocycles. The van der Waals surface area contributed by atoms with Gasteiger partial charge in [-0.05, 0) is 18.2 Å². The van der Waals surface area contributed by atoms with Crippen molar-refractivity contribution in [1.29, 1.82) is 5.26 Å². The Morgan fingerprint density at radius 3 is 2.92 bits per heavy atom. The fourth-order valence-electron chi connectivity index (χ4n) is 1.16. The van der Waals surface area contributed by atoms with Crippen molar-refractivity contribution in [3.8, 4) is 6.07 Å². The molecule has 1 heterocycles. The molecule has 3 nitrogen and oxygen atoms in total. The number of hydrogen-bond donors (Lipinski definition) is 1. The van der Waals surface area contributed by atoms with Gasteiger partial charge in [0.1, 0.15) is 11.6 Å². The number of furan rings is 1. The molecule has 0 aliphatic carbocycles. The largest absolute Gasteiger partial charge is 0.463 e. The van der Waals surface area contributed by atoms with Gasteiger partial charge in [0.15, 0.2) is 5.58 Å². The van der Waals surface area contributed by atoms with E-state index in [9.17, 15) is 0 Å². The molecule has 0 aliphatic heterocycles. The van der Waals surface area contributed by atoms with Gasteiger partial charge in [-0.1, -0.05) is 0 Å². The number of nitrogen functional groups attached to an aromatic ring is 1. The zero-order valence-corrected chi connectivity index (χ0v) is 6.24. The molecule has 0 atom stereocenters. The molecule has 0 spiro atoms. The van der Waals surface area contributed by atoms with Gasteiger partial charge >= 0.3 is 0 Å². The van der Waals surface area contributed by atoms with E-state index >= 15 is 0 Å². The highest BCUT2D eigenvalue weighted by Gasteiger charge is 2.06. The van der Waals surface area contributed by atoms with Crippen molar-refractivity contribution in [2.24, 2.45) is 0 Å². The third-order valence-electron chi connectivity index (χ3n) is 1.77. The van der Waals surface area contributed by atoms with E-state index in [1.165, 1.54) is 0 Å². The van der Waals surface area contributed by atoms with Gasteiger partial charge in [0, 0.05) is 5.39 Å². The van der Waals surface area contributed by atoms with Crippen LogP contribution in [0.1, 0.15) is 5.56 Å². The van der Waals surface area contributed by atoms with Gasteiger partial charge in [-0.3, -0.25) is 0 Å². The molecule has 2 aromatic rings. The molecule has 12 heavy (non-hydrogen) atoms. The second kappa shape index (κ2) is 2.28. The molecule has 3 heteroatoms. The van der Waals surface area contributed by atoms with Crippen molar-refractivity contribution in [3.05, 3.63) is 30.0 Å². The summed E-state index contributed by atoms with van der Waals surface area (Å²) < 4.78 is 5.12. The van der Waals surface area contributed by atoms with Crippen LogP contribution in [-0.4, -0.2) is 0 Å². The minimum Gasteiger partial charge on any atom is -0.463 e. The van der Waals surface area contributed by atoms with Crippen LogP contribution in [-0.2, 0) is 0 Å². The van der Waals surface area contributed by atoms with Crippen LogP contribution in [0.25, 0.3) is 11.0 Å². The van der Waals surface area contributed by atoms with Crippen LogP contribution in [0.15, 0.2) is 28.9 Å². The number of hydrogen-bond acceptors (Lipinski definition) is 3. The average molecular weight is 158 g/mol. The molecule has 58 valence electrons. The Balaban J connectivity index is 2.94. The summed E-state index contributed by atoms with van der Waals surface area (Å²) in [7, 11) is 0. The third-order valence-corrected chi connectivity index (χ3v) is 1.77. The second-order valence-electron chi connectivity index (χ2n) is 2.48. The van der Waals surface area contributed by atoms with Crippen molar-refractivity contribution < 1.29 is 4.42 Å². The Morgan fingerprint density at radius 1 is 1.33 bits per heavy atom. The van der Waals surface area contributed by atoms with Crippen LogP contribution in [0.4, 0.5) is 5.69 Å². The van der Waals surface area contributed by atoms with Gasteiger partial charge in [-0.15, -0.1) is 0 Å². The van der Waals surface area contributed by atoms with E-state index < -0.39 is 0 Å². The van der Waals surface area contributed by atoms with Crippen LogP contribution < -0.4 is 5.73 Å². The van der Waals surface area contributed by atoms with Crippen molar-refractivity contribution in [1.82, 2.24) is 0 Å². The predicted molar refractivity (Wildman–Crippen MR) is 45.3 cm³/mol. The summed E-state index contributed by atoms with van der Waals surface area (Å²) in [6.45, 7) is 0. The number of nitrogens with two attached hydrogens (primary N) is 1. The Bertz CT molecular complexity index is 465. The summed E-state index contributed by atoms with van der Waals surface area (Å²) in [4.78, 5) is 0. The molecular formula is C9H6N2O. The lowest BCUT2D eigenvalue weighted by molar-refractivity contribution is 0.615. The Kier molecular flexibility index (Phi) is 1.28. The molecule has 0 radical (unpaired) electrons. The Labute approximate surface area is 69.0 Å². The smallest absolute Gasteiger partial charge is 0.153 e. The number of nitriles is 1. The van der Waals surface area contributed by atoms with Crippen molar-refractivity contribution >= 4 is 16.7 Å². The lowest BCUT2D eigenvalue weighted by Gasteiger charge is -1.95. The van der Waals surface area contributed by atoms with Gasteiger partial charge in [0.05, 0.1) is 12.0 Å². The normalized spacial score (nSPS) is 9.92. The van der Waals surface area contributed by atoms with Crippen LogP contribution in [0.3, 0.4) is 0 Å². The van der Waals surface area contributed by atoms with E-state index in [1.54, 1.807) is 18.4 Å². The average Bonchev–Trinajstić information content (AvgIpc) is 2.52. The summed E-state index contributed by atoms with van der Waals surface area (Å²) in [5.74, 6) is 0. The first kappa shape index (κ1) is 6.74. The zero-order valence-electron chi connectivity index (χ0n) is 6.24. The third kappa shape index (κ3) is 0.753. The number of nitrogens with zero attached hydrogens (tertiary/aromatic N) is 1. The van der Waals surface area contributed by atoms with Crippen LogP contribution in [0.5, 0.6) is 0 Å². The lowest BCUT2D eigenvalue weighted by atomic mass is 10.1. The summed E-state index contributed by atoms with van der Waals surface area (Å²) in [6.07, 6.45) is 1.55. The first-order valence-electron chi connectivity index (χ1n) is 3.48. The topological polar surface area (TPSA) is 63.0 Å². The van der Waals surface area contributed by atoms with Gasteiger partial charge in [-0.2, -0.15) is 5.26 Å². The molecule has 0 fully saturated rings. The quantitative estimate of drug-likeness (QED) is 0.595. The summed E-state index contributed by atoms with van der Waals surface area (Å²) in [5, 5.41) is 9.65. The van der Waals surface area contributed by atoms with E-state index in [2.05, 4.69) is 0 Å².